The number of aromatic nitrogens is 1. The van der Waals surface area contributed by atoms with Crippen LogP contribution in [0.2, 0.25) is 0 Å². The number of nitrogens with zero attached hydrogens (tertiary/aromatic N) is 2. The lowest BCUT2D eigenvalue weighted by molar-refractivity contribution is -0.497. The summed E-state index contributed by atoms with van der Waals surface area (Å²) in [7, 11) is 0. The van der Waals surface area contributed by atoms with E-state index >= 15 is 0 Å². The van der Waals surface area contributed by atoms with Crippen molar-refractivity contribution in [1.29, 1.82) is 0 Å². The van der Waals surface area contributed by atoms with Crippen molar-refractivity contribution < 1.29 is 9.72 Å². The van der Waals surface area contributed by atoms with Crippen molar-refractivity contribution in [2.45, 2.75) is 26.3 Å². The van der Waals surface area contributed by atoms with Gasteiger partial charge in [-0.15, -0.1) is 11.3 Å². The fraction of sp³-hybridized carbons (Fsp3) is 0.556. The monoisotopic (exact) mass is 241 g/mol. The lowest BCUT2D eigenvalue weighted by atomic mass is 10.4. The molecule has 0 spiro atoms. The average Bonchev–Trinajstić information content (AvgIpc) is 2.91. The summed E-state index contributed by atoms with van der Waals surface area (Å²) in [4.78, 5) is 26.7. The van der Waals surface area contributed by atoms with Gasteiger partial charge in [-0.2, -0.15) is 0 Å². The van der Waals surface area contributed by atoms with Gasteiger partial charge in [-0.3, -0.25) is 14.9 Å². The highest BCUT2D eigenvalue weighted by molar-refractivity contribution is 7.15. The molecular formula is C9H11N3O3S. The van der Waals surface area contributed by atoms with E-state index < -0.39 is 16.9 Å². The highest BCUT2D eigenvalue weighted by Crippen LogP contribution is 2.34. The second-order valence-electron chi connectivity index (χ2n) is 3.84. The van der Waals surface area contributed by atoms with Crippen LogP contribution in [0.15, 0.2) is 0 Å². The smallest absolute Gasteiger partial charge is 0.236 e. The summed E-state index contributed by atoms with van der Waals surface area (Å²) < 4.78 is 0. The predicted octanol–water partition coefficient (Wildman–Crippen LogP) is 1.36. The highest BCUT2D eigenvalue weighted by Gasteiger charge is 2.53. The van der Waals surface area contributed by atoms with Gasteiger partial charge < -0.3 is 5.32 Å². The van der Waals surface area contributed by atoms with Crippen molar-refractivity contribution in [2.24, 2.45) is 5.92 Å². The van der Waals surface area contributed by atoms with E-state index in [1.807, 2.05) is 13.8 Å². The van der Waals surface area contributed by atoms with Crippen LogP contribution in [0, 0.1) is 29.9 Å². The number of anilines is 1. The number of hydrogen-bond acceptors (Lipinski definition) is 5. The van der Waals surface area contributed by atoms with Crippen LogP contribution in [-0.2, 0) is 4.79 Å². The van der Waals surface area contributed by atoms with Crippen molar-refractivity contribution >= 4 is 22.4 Å². The second kappa shape index (κ2) is 3.82. The molecule has 1 N–H and O–H groups in total. The third-order valence-electron chi connectivity index (χ3n) is 2.62. The van der Waals surface area contributed by atoms with Gasteiger partial charge in [0.15, 0.2) is 5.13 Å². The summed E-state index contributed by atoms with van der Waals surface area (Å²) in [5.41, 5.74) is 0.877. The molecule has 7 heteroatoms. The number of carbonyl (C=O) groups is 1. The molecule has 0 saturated heterocycles. The molecule has 1 aromatic heterocycles. The fourth-order valence-electron chi connectivity index (χ4n) is 1.42. The Hall–Kier alpha value is -1.50. The lowest BCUT2D eigenvalue weighted by Gasteiger charge is -1.97. The first-order chi connectivity index (χ1) is 7.49. The maximum Gasteiger partial charge on any atom is 0.236 e. The van der Waals surface area contributed by atoms with Gasteiger partial charge in [0, 0.05) is 16.2 Å². The Kier molecular flexibility index (Phi) is 2.63. The lowest BCUT2D eigenvalue weighted by Crippen LogP contribution is -2.18. The van der Waals surface area contributed by atoms with Crippen LogP contribution in [-0.4, -0.2) is 21.9 Å². The standard InChI is InChI=1S/C9H11N3O3S/c1-4-5(2)16-9(10-4)11-8(13)6-3-7(6)12(14)15/h6-7H,3H2,1-2H3,(H,10,11,13)/t6-,7+/m0/s1. The van der Waals surface area contributed by atoms with Crippen LogP contribution in [0.5, 0.6) is 0 Å². The zero-order valence-corrected chi connectivity index (χ0v) is 9.71. The third kappa shape index (κ3) is 2.04. The molecular weight excluding hydrogens is 230 g/mol. The Morgan fingerprint density at radius 2 is 2.31 bits per heavy atom. The number of amides is 1. The first kappa shape index (κ1) is 11.0. The van der Waals surface area contributed by atoms with Crippen LogP contribution in [0.3, 0.4) is 0 Å². The molecule has 2 atom stereocenters. The van der Waals surface area contributed by atoms with Gasteiger partial charge >= 0.3 is 0 Å². The van der Waals surface area contributed by atoms with Crippen molar-refractivity contribution in [3.63, 3.8) is 0 Å². The molecule has 0 bridgehead atoms. The van der Waals surface area contributed by atoms with Gasteiger partial charge in [-0.25, -0.2) is 4.98 Å². The summed E-state index contributed by atoms with van der Waals surface area (Å²) in [5.74, 6) is -0.782. The van der Waals surface area contributed by atoms with Gasteiger partial charge in [0.1, 0.15) is 5.92 Å². The molecule has 1 amide bonds. The molecule has 6 nitrogen and oxygen atoms in total. The number of aryl methyl sites for hydroxylation is 2. The maximum absolute atomic E-state index is 11.6. The minimum absolute atomic E-state index is 0.296. The van der Waals surface area contributed by atoms with E-state index in [0.717, 1.165) is 10.6 Å². The minimum Gasteiger partial charge on any atom is -0.301 e. The summed E-state index contributed by atoms with van der Waals surface area (Å²) in [5, 5.41) is 13.5. The molecule has 16 heavy (non-hydrogen) atoms. The predicted molar refractivity (Wildman–Crippen MR) is 59.1 cm³/mol. The van der Waals surface area contributed by atoms with Crippen molar-refractivity contribution in [1.82, 2.24) is 4.98 Å². The molecule has 0 unspecified atom stereocenters. The van der Waals surface area contributed by atoms with E-state index in [9.17, 15) is 14.9 Å². The molecule has 2 rings (SSSR count). The summed E-state index contributed by atoms with van der Waals surface area (Å²) in [6.45, 7) is 3.78. The SMILES string of the molecule is Cc1nc(NC(=O)[C@H]2C[C@H]2[N+](=O)[O-])sc1C. The normalized spacial score (nSPS) is 22.9. The first-order valence-electron chi connectivity index (χ1n) is 4.87. The zero-order valence-electron chi connectivity index (χ0n) is 8.89. The molecule has 1 heterocycles. The Morgan fingerprint density at radius 3 is 2.75 bits per heavy atom. The van der Waals surface area contributed by atoms with Crippen molar-refractivity contribution in [2.75, 3.05) is 5.32 Å². The number of thiazole rings is 1. The fourth-order valence-corrected chi connectivity index (χ4v) is 2.24. The number of nitrogens with one attached hydrogen (secondary N) is 1. The maximum atomic E-state index is 11.6. The largest absolute Gasteiger partial charge is 0.301 e. The van der Waals surface area contributed by atoms with Crippen molar-refractivity contribution in [3.8, 4) is 0 Å². The van der Waals surface area contributed by atoms with Gasteiger partial charge in [-0.05, 0) is 13.8 Å². The van der Waals surface area contributed by atoms with Gasteiger partial charge in [0.2, 0.25) is 11.9 Å². The Balaban J connectivity index is 1.96. The minimum atomic E-state index is -0.706. The number of carbonyl (C=O) groups excluding carboxylic acids is 1. The Labute approximate surface area is 95.8 Å². The molecule has 1 saturated carbocycles. The van der Waals surface area contributed by atoms with Crippen LogP contribution < -0.4 is 5.32 Å². The Morgan fingerprint density at radius 1 is 1.62 bits per heavy atom. The molecule has 1 fully saturated rings. The van der Waals surface area contributed by atoms with E-state index in [-0.39, 0.29) is 5.91 Å². The molecule has 1 aromatic rings. The third-order valence-corrected chi connectivity index (χ3v) is 3.61. The molecule has 0 aliphatic heterocycles. The van der Waals surface area contributed by atoms with Crippen molar-refractivity contribution in [3.05, 3.63) is 20.7 Å². The van der Waals surface area contributed by atoms with Gasteiger partial charge in [0.25, 0.3) is 0 Å². The number of nitro groups is 1. The highest BCUT2D eigenvalue weighted by atomic mass is 32.1. The summed E-state index contributed by atoms with van der Waals surface area (Å²) in [6, 6.07) is -0.706. The van der Waals surface area contributed by atoms with Crippen LogP contribution in [0.4, 0.5) is 5.13 Å². The number of rotatable bonds is 3. The zero-order chi connectivity index (χ0) is 11.9. The quantitative estimate of drug-likeness (QED) is 0.639. The van der Waals surface area contributed by atoms with E-state index in [1.165, 1.54) is 11.3 Å². The van der Waals surface area contributed by atoms with Crippen LogP contribution >= 0.6 is 11.3 Å². The second-order valence-corrected chi connectivity index (χ2v) is 5.05. The average molecular weight is 241 g/mol. The van der Waals surface area contributed by atoms with Gasteiger partial charge in [-0.1, -0.05) is 0 Å². The van der Waals surface area contributed by atoms with E-state index in [2.05, 4.69) is 10.3 Å². The van der Waals surface area contributed by atoms with E-state index in [4.69, 9.17) is 0 Å². The molecule has 0 radical (unpaired) electrons. The topological polar surface area (TPSA) is 85.1 Å². The van der Waals surface area contributed by atoms with E-state index in [1.54, 1.807) is 0 Å². The van der Waals surface area contributed by atoms with E-state index in [0.29, 0.717) is 11.6 Å². The summed E-state index contributed by atoms with van der Waals surface area (Å²) in [6.07, 6.45) is 0.335. The van der Waals surface area contributed by atoms with Crippen LogP contribution in [0.25, 0.3) is 0 Å². The van der Waals surface area contributed by atoms with Crippen LogP contribution in [0.1, 0.15) is 17.0 Å². The molecule has 0 aromatic carbocycles. The number of hydrogen-bond donors (Lipinski definition) is 1. The Bertz CT molecular complexity index is 437. The molecule has 1 aliphatic carbocycles. The first-order valence-corrected chi connectivity index (χ1v) is 5.69. The molecule has 1 aliphatic rings. The summed E-state index contributed by atoms with van der Waals surface area (Å²) >= 11 is 1.38. The van der Waals surface area contributed by atoms with Gasteiger partial charge in [0.05, 0.1) is 5.69 Å². The molecule has 86 valence electrons.